The first-order valence-corrected chi connectivity index (χ1v) is 9.70. The molecule has 2 unspecified atom stereocenters. The molecule has 3 aliphatic heterocycles. The van der Waals surface area contributed by atoms with Crippen LogP contribution in [0.5, 0.6) is 0 Å². The maximum Gasteiger partial charge on any atom is 0.253 e. The normalized spacial score (nSPS) is 24.2. The van der Waals surface area contributed by atoms with E-state index in [-0.39, 0.29) is 30.3 Å². The van der Waals surface area contributed by atoms with Crippen molar-refractivity contribution >= 4 is 24.2 Å². The number of nitrogens with one attached hydrogen (secondary N) is 2. The molecule has 2 amide bonds. The van der Waals surface area contributed by atoms with Gasteiger partial charge in [0.25, 0.3) is 5.91 Å². The molecule has 0 aromatic heterocycles. The van der Waals surface area contributed by atoms with Crippen LogP contribution in [-0.4, -0.2) is 48.9 Å². The SMILES string of the molecule is Cl.O=C(NCC1CCCN(C(=O)c2ccc3c(c2)COC3)C1)C1CCCN1. The van der Waals surface area contributed by atoms with Crippen molar-refractivity contribution in [2.75, 3.05) is 26.2 Å². The van der Waals surface area contributed by atoms with E-state index in [9.17, 15) is 9.59 Å². The van der Waals surface area contributed by atoms with Crippen LogP contribution in [0.2, 0.25) is 0 Å². The Kier molecular flexibility index (Phi) is 6.73. The van der Waals surface area contributed by atoms with Gasteiger partial charge in [-0.2, -0.15) is 0 Å². The minimum atomic E-state index is -0.0371. The van der Waals surface area contributed by atoms with E-state index < -0.39 is 0 Å². The lowest BCUT2D eigenvalue weighted by atomic mass is 9.96. The molecule has 0 radical (unpaired) electrons. The van der Waals surface area contributed by atoms with Crippen molar-refractivity contribution < 1.29 is 14.3 Å². The van der Waals surface area contributed by atoms with E-state index in [0.29, 0.717) is 32.2 Å². The number of halogens is 1. The molecule has 7 heteroatoms. The second-order valence-corrected chi connectivity index (χ2v) is 7.63. The summed E-state index contributed by atoms with van der Waals surface area (Å²) in [5.41, 5.74) is 3.05. The summed E-state index contributed by atoms with van der Waals surface area (Å²) in [6.07, 6.45) is 4.03. The van der Waals surface area contributed by atoms with Crippen LogP contribution >= 0.6 is 12.4 Å². The maximum atomic E-state index is 12.9. The highest BCUT2D eigenvalue weighted by molar-refractivity contribution is 5.94. The molecule has 2 fully saturated rings. The van der Waals surface area contributed by atoms with Gasteiger partial charge in [0, 0.05) is 25.2 Å². The summed E-state index contributed by atoms with van der Waals surface area (Å²) in [7, 11) is 0. The van der Waals surface area contributed by atoms with Crippen molar-refractivity contribution in [3.8, 4) is 0 Å². The van der Waals surface area contributed by atoms with Crippen molar-refractivity contribution in [1.82, 2.24) is 15.5 Å². The molecular formula is C20H28ClN3O3. The Morgan fingerprint density at radius 1 is 1.19 bits per heavy atom. The van der Waals surface area contributed by atoms with Crippen molar-refractivity contribution in [3.63, 3.8) is 0 Å². The van der Waals surface area contributed by atoms with Crippen LogP contribution in [0.4, 0.5) is 0 Å². The molecule has 3 aliphatic rings. The van der Waals surface area contributed by atoms with E-state index in [0.717, 1.165) is 49.9 Å². The lowest BCUT2D eigenvalue weighted by Gasteiger charge is -2.33. The number of hydrogen-bond acceptors (Lipinski definition) is 4. The van der Waals surface area contributed by atoms with Crippen LogP contribution < -0.4 is 10.6 Å². The van der Waals surface area contributed by atoms with Gasteiger partial charge in [-0.1, -0.05) is 6.07 Å². The number of hydrogen-bond donors (Lipinski definition) is 2. The highest BCUT2D eigenvalue weighted by Crippen LogP contribution is 2.23. The molecule has 2 atom stereocenters. The fourth-order valence-electron chi connectivity index (χ4n) is 4.18. The summed E-state index contributed by atoms with van der Waals surface area (Å²) in [4.78, 5) is 27.0. The number of carbonyl (C=O) groups excluding carboxylic acids is 2. The molecular weight excluding hydrogens is 366 g/mol. The molecule has 2 N–H and O–H groups in total. The standard InChI is InChI=1S/C20H27N3O3.ClH/c24-19(18-4-1-7-21-18)22-10-14-3-2-8-23(11-14)20(25)15-5-6-16-12-26-13-17(16)9-15;/h5-6,9,14,18,21H,1-4,7-8,10-13H2,(H,22,24);1H. The third-order valence-corrected chi connectivity index (χ3v) is 5.72. The summed E-state index contributed by atoms with van der Waals surface area (Å²) >= 11 is 0. The average Bonchev–Trinajstić information content (AvgIpc) is 3.36. The number of carbonyl (C=O) groups is 2. The molecule has 3 heterocycles. The Bertz CT molecular complexity index is 691. The van der Waals surface area contributed by atoms with E-state index in [2.05, 4.69) is 10.6 Å². The van der Waals surface area contributed by atoms with Crippen LogP contribution in [0.3, 0.4) is 0 Å². The fourth-order valence-corrected chi connectivity index (χ4v) is 4.18. The van der Waals surface area contributed by atoms with Gasteiger partial charge >= 0.3 is 0 Å². The molecule has 2 saturated heterocycles. The topological polar surface area (TPSA) is 70.7 Å². The zero-order valence-corrected chi connectivity index (χ0v) is 16.4. The van der Waals surface area contributed by atoms with Gasteiger partial charge in [-0.25, -0.2) is 0 Å². The van der Waals surface area contributed by atoms with Gasteiger partial charge in [-0.05, 0) is 61.4 Å². The molecule has 6 nitrogen and oxygen atoms in total. The number of rotatable bonds is 4. The molecule has 1 aromatic carbocycles. The number of amides is 2. The number of benzene rings is 1. The second-order valence-electron chi connectivity index (χ2n) is 7.63. The smallest absolute Gasteiger partial charge is 0.253 e. The third-order valence-electron chi connectivity index (χ3n) is 5.72. The van der Waals surface area contributed by atoms with E-state index in [1.54, 1.807) is 0 Å². The van der Waals surface area contributed by atoms with Gasteiger partial charge in [0.2, 0.25) is 5.91 Å². The van der Waals surface area contributed by atoms with E-state index in [1.165, 1.54) is 5.56 Å². The maximum absolute atomic E-state index is 12.9. The first-order valence-electron chi connectivity index (χ1n) is 9.70. The summed E-state index contributed by atoms with van der Waals surface area (Å²) in [6.45, 7) is 4.33. The van der Waals surface area contributed by atoms with Crippen LogP contribution in [0.1, 0.15) is 47.2 Å². The highest BCUT2D eigenvalue weighted by atomic mass is 35.5. The van der Waals surface area contributed by atoms with Gasteiger partial charge in [-0.15, -0.1) is 12.4 Å². The number of fused-ring (bicyclic) bond motifs is 1. The lowest BCUT2D eigenvalue weighted by molar-refractivity contribution is -0.123. The van der Waals surface area contributed by atoms with Gasteiger partial charge in [0.05, 0.1) is 19.3 Å². The summed E-state index contributed by atoms with van der Waals surface area (Å²) in [5.74, 6) is 0.522. The summed E-state index contributed by atoms with van der Waals surface area (Å²) < 4.78 is 5.44. The highest BCUT2D eigenvalue weighted by Gasteiger charge is 2.27. The first-order chi connectivity index (χ1) is 12.7. The molecule has 1 aromatic rings. The van der Waals surface area contributed by atoms with Crippen LogP contribution in [0.25, 0.3) is 0 Å². The van der Waals surface area contributed by atoms with Crippen LogP contribution in [-0.2, 0) is 22.7 Å². The molecule has 148 valence electrons. The van der Waals surface area contributed by atoms with Gasteiger partial charge in [0.1, 0.15) is 0 Å². The molecule has 0 bridgehead atoms. The molecule has 4 rings (SSSR count). The Labute approximate surface area is 166 Å². The molecule has 0 saturated carbocycles. The van der Waals surface area contributed by atoms with Crippen LogP contribution in [0.15, 0.2) is 18.2 Å². The lowest BCUT2D eigenvalue weighted by Crippen LogP contribution is -2.46. The summed E-state index contributed by atoms with van der Waals surface area (Å²) in [5, 5.41) is 6.30. The quantitative estimate of drug-likeness (QED) is 0.819. The average molecular weight is 394 g/mol. The largest absolute Gasteiger partial charge is 0.372 e. The monoisotopic (exact) mass is 393 g/mol. The minimum Gasteiger partial charge on any atom is -0.372 e. The number of nitrogens with zero attached hydrogens (tertiary/aromatic N) is 1. The van der Waals surface area contributed by atoms with Gasteiger partial charge in [-0.3, -0.25) is 9.59 Å². The zero-order chi connectivity index (χ0) is 17.9. The third kappa shape index (κ3) is 4.62. The number of ether oxygens (including phenoxy) is 1. The van der Waals surface area contributed by atoms with Crippen molar-refractivity contribution in [2.24, 2.45) is 5.92 Å². The van der Waals surface area contributed by atoms with Crippen LogP contribution in [0, 0.1) is 5.92 Å². The number of piperidine rings is 1. The number of likely N-dealkylation sites (tertiary alicyclic amines) is 1. The van der Waals surface area contributed by atoms with Gasteiger partial charge < -0.3 is 20.3 Å². The Balaban J connectivity index is 0.00000210. The van der Waals surface area contributed by atoms with E-state index in [4.69, 9.17) is 4.74 Å². The fraction of sp³-hybridized carbons (Fsp3) is 0.600. The Morgan fingerprint density at radius 3 is 2.85 bits per heavy atom. The summed E-state index contributed by atoms with van der Waals surface area (Å²) in [6, 6.07) is 5.85. The predicted octanol–water partition coefficient (Wildman–Crippen LogP) is 1.86. The van der Waals surface area contributed by atoms with E-state index in [1.807, 2.05) is 23.1 Å². The van der Waals surface area contributed by atoms with E-state index >= 15 is 0 Å². The Hall–Kier alpha value is -1.63. The molecule has 27 heavy (non-hydrogen) atoms. The molecule has 0 spiro atoms. The second kappa shape index (κ2) is 9.04. The zero-order valence-electron chi connectivity index (χ0n) is 15.5. The Morgan fingerprint density at radius 2 is 2.04 bits per heavy atom. The molecule has 0 aliphatic carbocycles. The van der Waals surface area contributed by atoms with Crippen molar-refractivity contribution in [1.29, 1.82) is 0 Å². The van der Waals surface area contributed by atoms with Gasteiger partial charge in [0.15, 0.2) is 0 Å². The van der Waals surface area contributed by atoms with Crippen molar-refractivity contribution in [2.45, 2.75) is 44.9 Å². The van der Waals surface area contributed by atoms with Crippen molar-refractivity contribution in [3.05, 3.63) is 34.9 Å². The first kappa shape index (κ1) is 20.1. The minimum absolute atomic E-state index is 0. The predicted molar refractivity (Wildman–Crippen MR) is 105 cm³/mol.